The maximum atomic E-state index is 12.3. The fraction of sp³-hybridized carbons (Fsp3) is 0.615. The first-order chi connectivity index (χ1) is 9.93. The molecule has 0 radical (unpaired) electrons. The van der Waals surface area contributed by atoms with Crippen LogP contribution in [0.5, 0.6) is 0 Å². The van der Waals surface area contributed by atoms with Crippen LogP contribution in [0.15, 0.2) is 16.8 Å². The third-order valence-electron chi connectivity index (χ3n) is 3.14. The van der Waals surface area contributed by atoms with Gasteiger partial charge in [0, 0.05) is 12.1 Å². The predicted molar refractivity (Wildman–Crippen MR) is 69.5 cm³/mol. The summed E-state index contributed by atoms with van der Waals surface area (Å²) in [5.41, 5.74) is 0.393. The van der Waals surface area contributed by atoms with Gasteiger partial charge in [-0.2, -0.15) is 18.3 Å². The Morgan fingerprint density at radius 3 is 2.67 bits per heavy atom. The zero-order valence-corrected chi connectivity index (χ0v) is 11.9. The van der Waals surface area contributed by atoms with Crippen LogP contribution in [0.4, 0.5) is 13.2 Å². The highest BCUT2D eigenvalue weighted by atomic mass is 19.4. The molecule has 0 amide bonds. The van der Waals surface area contributed by atoms with Crippen molar-refractivity contribution in [3.63, 3.8) is 0 Å². The monoisotopic (exact) mass is 302 g/mol. The van der Waals surface area contributed by atoms with Crippen LogP contribution in [0.3, 0.4) is 0 Å². The standard InChI is InChI=1S/C13H17F3N4O/c1-3-5-9(4-2)11-18-19-12(21-11)10-6-17-20(7-10)8-13(14,15)16/h6-7,9H,3-5,8H2,1-2H3. The minimum absolute atomic E-state index is 0.182. The van der Waals surface area contributed by atoms with Gasteiger partial charge in [-0.1, -0.05) is 20.3 Å². The molecule has 8 heteroatoms. The molecule has 5 nitrogen and oxygen atoms in total. The van der Waals surface area contributed by atoms with E-state index in [-0.39, 0.29) is 11.8 Å². The average Bonchev–Trinajstić information content (AvgIpc) is 3.02. The molecule has 0 saturated carbocycles. The molecule has 0 aliphatic heterocycles. The summed E-state index contributed by atoms with van der Waals surface area (Å²) in [6.07, 6.45) is 1.06. The van der Waals surface area contributed by atoms with E-state index >= 15 is 0 Å². The molecule has 2 heterocycles. The number of hydrogen-bond donors (Lipinski definition) is 0. The second kappa shape index (κ2) is 6.28. The second-order valence-electron chi connectivity index (χ2n) is 4.88. The Bertz CT molecular complexity index is 576. The third kappa shape index (κ3) is 4.05. The molecule has 21 heavy (non-hydrogen) atoms. The van der Waals surface area contributed by atoms with Crippen LogP contribution in [0.2, 0.25) is 0 Å². The zero-order chi connectivity index (χ0) is 15.5. The third-order valence-corrected chi connectivity index (χ3v) is 3.14. The van der Waals surface area contributed by atoms with Gasteiger partial charge in [-0.25, -0.2) is 0 Å². The van der Waals surface area contributed by atoms with Crippen molar-refractivity contribution in [3.05, 3.63) is 18.3 Å². The molecule has 1 unspecified atom stereocenters. The first kappa shape index (κ1) is 15.5. The summed E-state index contributed by atoms with van der Waals surface area (Å²) in [4.78, 5) is 0. The van der Waals surface area contributed by atoms with Crippen molar-refractivity contribution in [3.8, 4) is 11.5 Å². The van der Waals surface area contributed by atoms with Gasteiger partial charge in [0.1, 0.15) is 6.54 Å². The maximum absolute atomic E-state index is 12.3. The molecule has 0 saturated heterocycles. The fourth-order valence-electron chi connectivity index (χ4n) is 2.11. The summed E-state index contributed by atoms with van der Waals surface area (Å²) in [5, 5.41) is 11.5. The lowest BCUT2D eigenvalue weighted by Crippen LogP contribution is -2.17. The van der Waals surface area contributed by atoms with Crippen molar-refractivity contribution in [1.82, 2.24) is 20.0 Å². The van der Waals surface area contributed by atoms with Crippen LogP contribution in [0.1, 0.15) is 44.9 Å². The van der Waals surface area contributed by atoms with Gasteiger partial charge >= 0.3 is 6.18 Å². The Hall–Kier alpha value is -1.86. The van der Waals surface area contributed by atoms with Crippen LogP contribution >= 0.6 is 0 Å². The molecule has 0 aromatic carbocycles. The van der Waals surface area contributed by atoms with Gasteiger partial charge < -0.3 is 4.42 Å². The van der Waals surface area contributed by atoms with E-state index in [0.717, 1.165) is 23.9 Å². The Balaban J connectivity index is 2.14. The zero-order valence-electron chi connectivity index (χ0n) is 11.9. The van der Waals surface area contributed by atoms with E-state index < -0.39 is 12.7 Å². The number of rotatable bonds is 6. The highest BCUT2D eigenvalue weighted by Gasteiger charge is 2.28. The van der Waals surface area contributed by atoms with Crippen molar-refractivity contribution in [1.29, 1.82) is 0 Å². The van der Waals surface area contributed by atoms with Crippen molar-refractivity contribution >= 4 is 0 Å². The van der Waals surface area contributed by atoms with Gasteiger partial charge in [0.05, 0.1) is 11.8 Å². The highest BCUT2D eigenvalue weighted by molar-refractivity contribution is 5.49. The molecule has 0 spiro atoms. The topological polar surface area (TPSA) is 56.7 Å². The van der Waals surface area contributed by atoms with Crippen molar-refractivity contribution in [2.24, 2.45) is 0 Å². The number of hydrogen-bond acceptors (Lipinski definition) is 4. The van der Waals surface area contributed by atoms with Gasteiger partial charge in [-0.15, -0.1) is 10.2 Å². The summed E-state index contributed by atoms with van der Waals surface area (Å²) >= 11 is 0. The first-order valence-corrected chi connectivity index (χ1v) is 6.86. The van der Waals surface area contributed by atoms with E-state index in [1.807, 2.05) is 6.92 Å². The Morgan fingerprint density at radius 2 is 2.05 bits per heavy atom. The fourth-order valence-corrected chi connectivity index (χ4v) is 2.11. The van der Waals surface area contributed by atoms with Crippen LogP contribution in [-0.2, 0) is 6.54 Å². The Labute approximate surface area is 120 Å². The quantitative estimate of drug-likeness (QED) is 0.814. The van der Waals surface area contributed by atoms with Crippen LogP contribution in [0.25, 0.3) is 11.5 Å². The lowest BCUT2D eigenvalue weighted by molar-refractivity contribution is -0.142. The number of nitrogens with zero attached hydrogens (tertiary/aromatic N) is 4. The van der Waals surface area contributed by atoms with E-state index in [1.54, 1.807) is 0 Å². The van der Waals surface area contributed by atoms with Crippen LogP contribution < -0.4 is 0 Å². The molecule has 0 aliphatic rings. The normalized spacial score (nSPS) is 13.6. The summed E-state index contributed by atoms with van der Waals surface area (Å²) in [7, 11) is 0. The number of aromatic nitrogens is 4. The van der Waals surface area contributed by atoms with Gasteiger partial charge in [0.2, 0.25) is 5.89 Å². The van der Waals surface area contributed by atoms with Crippen LogP contribution in [0, 0.1) is 0 Å². The van der Waals surface area contributed by atoms with Crippen molar-refractivity contribution in [2.45, 2.75) is 51.7 Å². The minimum Gasteiger partial charge on any atom is -0.420 e. The number of alkyl halides is 3. The molecule has 2 aromatic rings. The van der Waals surface area contributed by atoms with Gasteiger partial charge in [0.15, 0.2) is 0 Å². The van der Waals surface area contributed by atoms with E-state index in [9.17, 15) is 13.2 Å². The highest BCUT2D eigenvalue weighted by Crippen LogP contribution is 2.27. The minimum atomic E-state index is -4.31. The maximum Gasteiger partial charge on any atom is 0.408 e. The molecule has 116 valence electrons. The lowest BCUT2D eigenvalue weighted by Gasteiger charge is -2.07. The lowest BCUT2D eigenvalue weighted by atomic mass is 10.0. The Morgan fingerprint density at radius 1 is 1.29 bits per heavy atom. The molecule has 0 bridgehead atoms. The molecule has 1 atom stereocenters. The van der Waals surface area contributed by atoms with Crippen molar-refractivity contribution < 1.29 is 17.6 Å². The SMILES string of the molecule is CCCC(CC)c1nnc(-c2cnn(CC(F)(F)F)c2)o1. The van der Waals surface area contributed by atoms with E-state index in [4.69, 9.17) is 4.42 Å². The second-order valence-corrected chi connectivity index (χ2v) is 4.88. The summed E-state index contributed by atoms with van der Waals surface area (Å²) in [6, 6.07) is 0. The number of halogens is 3. The molecule has 2 aromatic heterocycles. The summed E-state index contributed by atoms with van der Waals surface area (Å²) in [5.74, 6) is 0.910. The molecule has 0 fully saturated rings. The largest absolute Gasteiger partial charge is 0.420 e. The molecular weight excluding hydrogens is 285 g/mol. The summed E-state index contributed by atoms with van der Waals surface area (Å²) in [6.45, 7) is 2.97. The van der Waals surface area contributed by atoms with Crippen LogP contribution in [-0.4, -0.2) is 26.2 Å². The molecule has 0 aliphatic carbocycles. The summed E-state index contributed by atoms with van der Waals surface area (Å²) < 4.78 is 43.2. The van der Waals surface area contributed by atoms with Gasteiger partial charge in [-0.3, -0.25) is 4.68 Å². The van der Waals surface area contributed by atoms with Gasteiger partial charge in [0.25, 0.3) is 5.89 Å². The molecule has 0 N–H and O–H groups in total. The van der Waals surface area contributed by atoms with Crippen molar-refractivity contribution in [2.75, 3.05) is 0 Å². The predicted octanol–water partition coefficient (Wildman–Crippen LogP) is 3.79. The van der Waals surface area contributed by atoms with E-state index in [0.29, 0.717) is 11.5 Å². The van der Waals surface area contributed by atoms with E-state index in [2.05, 4.69) is 22.2 Å². The molecular formula is C13H17F3N4O. The Kier molecular flexibility index (Phi) is 4.64. The average molecular weight is 302 g/mol. The molecule has 2 rings (SSSR count). The smallest absolute Gasteiger partial charge is 0.408 e. The first-order valence-electron chi connectivity index (χ1n) is 6.86. The van der Waals surface area contributed by atoms with Gasteiger partial charge in [-0.05, 0) is 12.8 Å². The van der Waals surface area contributed by atoms with E-state index in [1.165, 1.54) is 12.4 Å².